The van der Waals surface area contributed by atoms with Crippen molar-refractivity contribution in [2.75, 3.05) is 14.1 Å². The summed E-state index contributed by atoms with van der Waals surface area (Å²) >= 11 is 0. The molecule has 1 aromatic carbocycles. The van der Waals surface area contributed by atoms with Gasteiger partial charge in [-0.3, -0.25) is 4.79 Å². The van der Waals surface area contributed by atoms with Gasteiger partial charge < -0.3 is 10.0 Å². The van der Waals surface area contributed by atoms with E-state index < -0.39 is 0 Å². The molecule has 0 unspecified atom stereocenters. The third-order valence-corrected chi connectivity index (χ3v) is 2.50. The molecule has 0 aromatic heterocycles. The molecule has 0 radical (unpaired) electrons. The molecule has 1 amide bonds. The van der Waals surface area contributed by atoms with E-state index in [1.807, 2.05) is 6.07 Å². The normalized spacial score (nSPS) is 11.3. The maximum atomic E-state index is 11.7. The highest BCUT2D eigenvalue weighted by molar-refractivity contribution is 5.96. The summed E-state index contributed by atoms with van der Waals surface area (Å²) in [5.41, 5.74) is 1.33. The number of nitrogens with zero attached hydrogens (tertiary/aromatic N) is 1. The minimum absolute atomic E-state index is 0.0306. The third kappa shape index (κ3) is 2.54. The molecule has 16 heavy (non-hydrogen) atoms. The molecule has 0 aliphatic heterocycles. The van der Waals surface area contributed by atoms with E-state index in [0.717, 1.165) is 5.56 Å². The Bertz CT molecular complexity index is 403. The van der Waals surface area contributed by atoms with Gasteiger partial charge in [-0.15, -0.1) is 0 Å². The maximum absolute atomic E-state index is 11.7. The maximum Gasteiger partial charge on any atom is 0.257 e. The largest absolute Gasteiger partial charge is 0.507 e. The van der Waals surface area contributed by atoms with Crippen LogP contribution in [0.1, 0.15) is 36.7 Å². The molecule has 0 bridgehead atoms. The third-order valence-electron chi connectivity index (χ3n) is 2.50. The van der Waals surface area contributed by atoms with E-state index in [1.54, 1.807) is 26.2 Å². The number of hydrogen-bond acceptors (Lipinski definition) is 2. The van der Waals surface area contributed by atoms with E-state index in [1.165, 1.54) is 4.90 Å². The van der Waals surface area contributed by atoms with E-state index in [2.05, 4.69) is 20.8 Å². The molecule has 0 spiro atoms. The number of benzene rings is 1. The molecule has 0 aliphatic carbocycles. The van der Waals surface area contributed by atoms with Crippen LogP contribution in [-0.2, 0) is 5.41 Å². The summed E-state index contributed by atoms with van der Waals surface area (Å²) in [5, 5.41) is 9.83. The number of amides is 1. The van der Waals surface area contributed by atoms with E-state index >= 15 is 0 Å². The van der Waals surface area contributed by atoms with Crippen LogP contribution in [-0.4, -0.2) is 30.0 Å². The lowest BCUT2D eigenvalue weighted by Crippen LogP contribution is -2.22. The van der Waals surface area contributed by atoms with Crippen molar-refractivity contribution in [1.29, 1.82) is 0 Å². The lowest BCUT2D eigenvalue weighted by Gasteiger charge is -2.20. The van der Waals surface area contributed by atoms with Crippen molar-refractivity contribution in [3.8, 4) is 5.75 Å². The molecule has 3 nitrogen and oxygen atoms in total. The topological polar surface area (TPSA) is 40.5 Å². The number of phenolic OH excluding ortho intramolecular Hbond substituents is 1. The van der Waals surface area contributed by atoms with Crippen LogP contribution >= 0.6 is 0 Å². The van der Waals surface area contributed by atoms with Crippen molar-refractivity contribution < 1.29 is 9.90 Å². The van der Waals surface area contributed by atoms with E-state index in [0.29, 0.717) is 5.56 Å². The van der Waals surface area contributed by atoms with Crippen LogP contribution in [0.25, 0.3) is 0 Å². The molecule has 0 atom stereocenters. The average molecular weight is 221 g/mol. The Morgan fingerprint density at radius 2 is 1.81 bits per heavy atom. The van der Waals surface area contributed by atoms with Crippen LogP contribution in [0.3, 0.4) is 0 Å². The van der Waals surface area contributed by atoms with Gasteiger partial charge >= 0.3 is 0 Å². The molecule has 1 rings (SSSR count). The first kappa shape index (κ1) is 12.6. The van der Waals surface area contributed by atoms with Crippen LogP contribution in [0, 0.1) is 0 Å². The highest BCUT2D eigenvalue weighted by Gasteiger charge is 2.18. The summed E-state index contributed by atoms with van der Waals surface area (Å²) in [7, 11) is 3.33. The molecule has 1 N–H and O–H groups in total. The molecule has 0 heterocycles. The van der Waals surface area contributed by atoms with Crippen molar-refractivity contribution in [2.24, 2.45) is 0 Å². The minimum atomic E-state index is -0.182. The Labute approximate surface area is 96.7 Å². The molecule has 1 aromatic rings. The molecule has 3 heteroatoms. The molecule has 88 valence electrons. The van der Waals surface area contributed by atoms with Crippen molar-refractivity contribution in [3.05, 3.63) is 29.3 Å². The van der Waals surface area contributed by atoms with E-state index in [9.17, 15) is 9.90 Å². The predicted octanol–water partition coefficient (Wildman–Crippen LogP) is 2.39. The monoisotopic (exact) mass is 221 g/mol. The highest BCUT2D eigenvalue weighted by atomic mass is 16.3. The van der Waals surface area contributed by atoms with Crippen LogP contribution in [0.15, 0.2) is 18.2 Å². The lowest BCUT2D eigenvalue weighted by molar-refractivity contribution is 0.0824. The standard InChI is InChI=1S/C13H19NO2/c1-13(2,3)9-6-7-10(11(15)8-9)12(16)14(4)5/h6-8,15H,1-5H3. The van der Waals surface area contributed by atoms with Gasteiger partial charge in [-0.2, -0.15) is 0 Å². The summed E-state index contributed by atoms with van der Waals surface area (Å²) in [4.78, 5) is 13.1. The Morgan fingerprint density at radius 3 is 2.19 bits per heavy atom. The fourth-order valence-electron chi connectivity index (χ4n) is 1.42. The molecular formula is C13H19NO2. The zero-order chi connectivity index (χ0) is 12.5. The van der Waals surface area contributed by atoms with Gasteiger partial charge in [0, 0.05) is 14.1 Å². The predicted molar refractivity (Wildman–Crippen MR) is 64.8 cm³/mol. The second-order valence-electron chi connectivity index (χ2n) is 5.18. The lowest BCUT2D eigenvalue weighted by atomic mass is 9.86. The quantitative estimate of drug-likeness (QED) is 0.791. The first-order valence-corrected chi connectivity index (χ1v) is 5.28. The number of phenols is 1. The SMILES string of the molecule is CN(C)C(=O)c1ccc(C(C)(C)C)cc1O. The van der Waals surface area contributed by atoms with Crippen molar-refractivity contribution in [2.45, 2.75) is 26.2 Å². The van der Waals surface area contributed by atoms with Crippen LogP contribution in [0.5, 0.6) is 5.75 Å². The zero-order valence-corrected chi connectivity index (χ0v) is 10.5. The van der Waals surface area contributed by atoms with Crippen LogP contribution < -0.4 is 0 Å². The molecular weight excluding hydrogens is 202 g/mol. The Morgan fingerprint density at radius 1 is 1.25 bits per heavy atom. The molecule has 0 saturated carbocycles. The summed E-state index contributed by atoms with van der Waals surface area (Å²) in [6.45, 7) is 6.19. The summed E-state index contributed by atoms with van der Waals surface area (Å²) < 4.78 is 0. The molecule has 0 fully saturated rings. The number of carbonyl (C=O) groups is 1. The van der Waals surface area contributed by atoms with Gasteiger partial charge in [0.2, 0.25) is 0 Å². The van der Waals surface area contributed by atoms with Crippen molar-refractivity contribution in [1.82, 2.24) is 4.90 Å². The van der Waals surface area contributed by atoms with Gasteiger partial charge in [0.05, 0.1) is 5.56 Å². The highest BCUT2D eigenvalue weighted by Crippen LogP contribution is 2.28. The fourth-order valence-corrected chi connectivity index (χ4v) is 1.42. The molecule has 0 aliphatic rings. The van der Waals surface area contributed by atoms with Gasteiger partial charge in [-0.1, -0.05) is 26.8 Å². The Hall–Kier alpha value is -1.51. The van der Waals surface area contributed by atoms with Crippen molar-refractivity contribution >= 4 is 5.91 Å². The Balaban J connectivity index is 3.15. The summed E-state index contributed by atoms with van der Waals surface area (Å²) in [6.07, 6.45) is 0. The Kier molecular flexibility index (Phi) is 3.27. The second kappa shape index (κ2) is 4.16. The summed E-state index contributed by atoms with van der Waals surface area (Å²) in [6, 6.07) is 5.23. The second-order valence-corrected chi connectivity index (χ2v) is 5.18. The minimum Gasteiger partial charge on any atom is -0.507 e. The summed E-state index contributed by atoms with van der Waals surface area (Å²) in [5.74, 6) is -0.135. The van der Waals surface area contributed by atoms with E-state index in [4.69, 9.17) is 0 Å². The fraction of sp³-hybridized carbons (Fsp3) is 0.462. The smallest absolute Gasteiger partial charge is 0.257 e. The first-order chi connectivity index (χ1) is 7.23. The van der Waals surface area contributed by atoms with Gasteiger partial charge in [0.1, 0.15) is 5.75 Å². The van der Waals surface area contributed by atoms with Crippen molar-refractivity contribution in [3.63, 3.8) is 0 Å². The van der Waals surface area contributed by atoms with Gasteiger partial charge in [0.25, 0.3) is 5.91 Å². The number of carbonyl (C=O) groups excluding carboxylic acids is 1. The van der Waals surface area contributed by atoms with E-state index in [-0.39, 0.29) is 17.1 Å². The average Bonchev–Trinajstić information content (AvgIpc) is 2.15. The number of rotatable bonds is 1. The van der Waals surface area contributed by atoms with Crippen LogP contribution in [0.2, 0.25) is 0 Å². The number of hydrogen-bond donors (Lipinski definition) is 1. The number of aromatic hydroxyl groups is 1. The molecule has 0 saturated heterocycles. The zero-order valence-electron chi connectivity index (χ0n) is 10.5. The van der Waals surface area contributed by atoms with Crippen LogP contribution in [0.4, 0.5) is 0 Å². The first-order valence-electron chi connectivity index (χ1n) is 5.28. The van der Waals surface area contributed by atoms with Gasteiger partial charge in [-0.25, -0.2) is 0 Å². The van der Waals surface area contributed by atoms with Gasteiger partial charge in [-0.05, 0) is 23.1 Å². The van der Waals surface area contributed by atoms with Gasteiger partial charge in [0.15, 0.2) is 0 Å².